The number of nitrogens with zero attached hydrogens (tertiary/aromatic N) is 3. The van der Waals surface area contributed by atoms with E-state index < -0.39 is 0 Å². The summed E-state index contributed by atoms with van der Waals surface area (Å²) < 4.78 is 2.23. The van der Waals surface area contributed by atoms with E-state index in [1.165, 1.54) is 12.8 Å². The van der Waals surface area contributed by atoms with Gasteiger partial charge in [-0.15, -0.1) is 10.2 Å². The fourth-order valence-corrected chi connectivity index (χ4v) is 2.17. The van der Waals surface area contributed by atoms with Crippen LogP contribution in [-0.2, 0) is 0 Å². The Balaban J connectivity index is 2.32. The van der Waals surface area contributed by atoms with E-state index in [9.17, 15) is 0 Å². The Bertz CT molecular complexity index is 310. The predicted molar refractivity (Wildman–Crippen MR) is 55.1 cm³/mol. The number of hydrogen-bond acceptors (Lipinski definition) is 3. The third-order valence-electron chi connectivity index (χ3n) is 2.78. The SMILES string of the molecule is Cc1nnc([C@@H]2CCCN2)n1C(C)C. The van der Waals surface area contributed by atoms with Gasteiger partial charge in [0.1, 0.15) is 11.6 Å². The zero-order chi connectivity index (χ0) is 10.1. The van der Waals surface area contributed by atoms with Gasteiger partial charge in [-0.25, -0.2) is 0 Å². The highest BCUT2D eigenvalue weighted by Crippen LogP contribution is 2.24. The molecule has 1 saturated heterocycles. The van der Waals surface area contributed by atoms with Crippen LogP contribution in [0.5, 0.6) is 0 Å². The molecular weight excluding hydrogens is 176 g/mol. The topological polar surface area (TPSA) is 42.7 Å². The summed E-state index contributed by atoms with van der Waals surface area (Å²) in [5, 5.41) is 11.9. The van der Waals surface area contributed by atoms with E-state index in [0.717, 1.165) is 18.2 Å². The lowest BCUT2D eigenvalue weighted by molar-refractivity contribution is 0.499. The van der Waals surface area contributed by atoms with Crippen molar-refractivity contribution in [1.29, 1.82) is 0 Å². The summed E-state index contributed by atoms with van der Waals surface area (Å²) in [6, 6.07) is 0.862. The van der Waals surface area contributed by atoms with Crippen LogP contribution in [0, 0.1) is 6.92 Å². The van der Waals surface area contributed by atoms with E-state index in [-0.39, 0.29) is 0 Å². The van der Waals surface area contributed by atoms with Gasteiger partial charge in [-0.2, -0.15) is 0 Å². The summed E-state index contributed by atoms with van der Waals surface area (Å²) in [5.41, 5.74) is 0. The molecule has 0 aromatic carbocycles. The molecule has 1 atom stereocenters. The molecule has 1 aliphatic rings. The number of rotatable bonds is 2. The fourth-order valence-electron chi connectivity index (χ4n) is 2.17. The molecule has 0 amide bonds. The van der Waals surface area contributed by atoms with Crippen molar-refractivity contribution in [1.82, 2.24) is 20.1 Å². The molecule has 1 aromatic heterocycles. The quantitative estimate of drug-likeness (QED) is 0.777. The molecule has 0 bridgehead atoms. The fraction of sp³-hybridized carbons (Fsp3) is 0.800. The second-order valence-electron chi connectivity index (χ2n) is 4.22. The van der Waals surface area contributed by atoms with Gasteiger partial charge in [0.05, 0.1) is 6.04 Å². The van der Waals surface area contributed by atoms with Crippen LogP contribution in [0.2, 0.25) is 0 Å². The second kappa shape index (κ2) is 3.69. The summed E-state index contributed by atoms with van der Waals surface area (Å²) in [4.78, 5) is 0. The summed E-state index contributed by atoms with van der Waals surface area (Å²) in [6.07, 6.45) is 2.43. The summed E-state index contributed by atoms with van der Waals surface area (Å²) in [7, 11) is 0. The first-order chi connectivity index (χ1) is 6.70. The minimum Gasteiger partial charge on any atom is -0.311 e. The Morgan fingerprint density at radius 2 is 2.21 bits per heavy atom. The minimum atomic E-state index is 0.415. The molecule has 4 nitrogen and oxygen atoms in total. The van der Waals surface area contributed by atoms with Gasteiger partial charge in [-0.1, -0.05) is 0 Å². The lowest BCUT2D eigenvalue weighted by atomic mass is 10.2. The predicted octanol–water partition coefficient (Wildman–Crippen LogP) is 1.59. The molecule has 78 valence electrons. The maximum absolute atomic E-state index is 4.27. The standard InChI is InChI=1S/C10H18N4/c1-7(2)14-8(3)12-13-10(14)9-5-4-6-11-9/h7,9,11H,4-6H2,1-3H3/t9-/m0/s1. The third kappa shape index (κ3) is 1.54. The summed E-state index contributed by atoms with van der Waals surface area (Å²) in [6.45, 7) is 7.48. The van der Waals surface area contributed by atoms with Crippen LogP contribution in [0.3, 0.4) is 0 Å². The highest BCUT2D eigenvalue weighted by atomic mass is 15.3. The normalized spacial score (nSPS) is 22.1. The Labute approximate surface area is 84.7 Å². The van der Waals surface area contributed by atoms with Crippen LogP contribution in [0.25, 0.3) is 0 Å². The zero-order valence-electron chi connectivity index (χ0n) is 9.12. The molecule has 4 heteroatoms. The average molecular weight is 194 g/mol. The molecule has 1 fully saturated rings. The van der Waals surface area contributed by atoms with Crippen LogP contribution in [0.15, 0.2) is 0 Å². The Morgan fingerprint density at radius 1 is 1.43 bits per heavy atom. The highest BCUT2D eigenvalue weighted by Gasteiger charge is 2.23. The van der Waals surface area contributed by atoms with Gasteiger partial charge >= 0.3 is 0 Å². The minimum absolute atomic E-state index is 0.415. The Hall–Kier alpha value is -0.900. The first-order valence-electron chi connectivity index (χ1n) is 5.35. The van der Waals surface area contributed by atoms with E-state index >= 15 is 0 Å². The van der Waals surface area contributed by atoms with Crippen molar-refractivity contribution in [2.75, 3.05) is 6.54 Å². The van der Waals surface area contributed by atoms with Crippen molar-refractivity contribution in [2.24, 2.45) is 0 Å². The second-order valence-corrected chi connectivity index (χ2v) is 4.22. The van der Waals surface area contributed by atoms with Gasteiger partial charge in [0.15, 0.2) is 0 Å². The Morgan fingerprint density at radius 3 is 2.79 bits per heavy atom. The van der Waals surface area contributed by atoms with Gasteiger partial charge in [0.2, 0.25) is 0 Å². The summed E-state index contributed by atoms with van der Waals surface area (Å²) in [5.74, 6) is 2.12. The van der Waals surface area contributed by atoms with Crippen LogP contribution in [0.1, 0.15) is 50.4 Å². The summed E-state index contributed by atoms with van der Waals surface area (Å²) >= 11 is 0. The molecule has 2 rings (SSSR count). The zero-order valence-corrected chi connectivity index (χ0v) is 9.12. The molecule has 14 heavy (non-hydrogen) atoms. The van der Waals surface area contributed by atoms with Gasteiger partial charge in [0.25, 0.3) is 0 Å². The lowest BCUT2D eigenvalue weighted by Crippen LogP contribution is -2.19. The van der Waals surface area contributed by atoms with E-state index in [1.54, 1.807) is 0 Å². The largest absolute Gasteiger partial charge is 0.311 e. The van der Waals surface area contributed by atoms with Crippen molar-refractivity contribution in [3.63, 3.8) is 0 Å². The van der Waals surface area contributed by atoms with Crippen LogP contribution in [-0.4, -0.2) is 21.3 Å². The number of aryl methyl sites for hydroxylation is 1. The molecule has 2 heterocycles. The van der Waals surface area contributed by atoms with Crippen molar-refractivity contribution in [3.05, 3.63) is 11.6 Å². The van der Waals surface area contributed by atoms with Crippen molar-refractivity contribution >= 4 is 0 Å². The maximum Gasteiger partial charge on any atom is 0.150 e. The van der Waals surface area contributed by atoms with E-state index in [2.05, 4.69) is 33.9 Å². The maximum atomic E-state index is 4.27. The van der Waals surface area contributed by atoms with Gasteiger partial charge < -0.3 is 9.88 Å². The molecule has 0 aliphatic carbocycles. The van der Waals surface area contributed by atoms with Crippen LogP contribution < -0.4 is 5.32 Å². The molecule has 1 N–H and O–H groups in total. The molecule has 0 spiro atoms. The highest BCUT2D eigenvalue weighted by molar-refractivity contribution is 5.03. The first kappa shape index (κ1) is 9.65. The van der Waals surface area contributed by atoms with Crippen molar-refractivity contribution < 1.29 is 0 Å². The van der Waals surface area contributed by atoms with Gasteiger partial charge in [-0.05, 0) is 40.2 Å². The molecule has 0 saturated carbocycles. The molecule has 0 unspecified atom stereocenters. The van der Waals surface area contributed by atoms with Crippen molar-refractivity contribution in [3.8, 4) is 0 Å². The number of nitrogens with one attached hydrogen (secondary N) is 1. The van der Waals surface area contributed by atoms with Crippen molar-refractivity contribution in [2.45, 2.75) is 45.7 Å². The molecule has 1 aromatic rings. The first-order valence-corrected chi connectivity index (χ1v) is 5.35. The van der Waals surface area contributed by atoms with E-state index in [4.69, 9.17) is 0 Å². The van der Waals surface area contributed by atoms with Gasteiger partial charge in [-0.3, -0.25) is 0 Å². The third-order valence-corrected chi connectivity index (χ3v) is 2.78. The Kier molecular flexibility index (Phi) is 2.54. The smallest absolute Gasteiger partial charge is 0.150 e. The average Bonchev–Trinajstić information content (AvgIpc) is 2.70. The molecule has 0 radical (unpaired) electrons. The van der Waals surface area contributed by atoms with Crippen LogP contribution >= 0.6 is 0 Å². The number of hydrogen-bond donors (Lipinski definition) is 1. The molecular formula is C10H18N4. The lowest BCUT2D eigenvalue weighted by Gasteiger charge is -2.16. The van der Waals surface area contributed by atoms with E-state index in [0.29, 0.717) is 12.1 Å². The monoisotopic (exact) mass is 194 g/mol. The van der Waals surface area contributed by atoms with Gasteiger partial charge in [0, 0.05) is 6.04 Å². The van der Waals surface area contributed by atoms with E-state index in [1.807, 2.05) is 6.92 Å². The molecule has 1 aliphatic heterocycles. The number of aromatic nitrogens is 3. The van der Waals surface area contributed by atoms with Crippen LogP contribution in [0.4, 0.5) is 0 Å².